The normalized spacial score (nSPS) is 14.8. The van der Waals surface area contributed by atoms with Gasteiger partial charge in [-0.15, -0.1) is 0 Å². The molecular weight excluding hydrogens is 466 g/mol. The van der Waals surface area contributed by atoms with Gasteiger partial charge in [0, 0.05) is 13.1 Å². The Bertz CT molecular complexity index is 1250. The number of methoxy groups -OCH3 is 1. The van der Waals surface area contributed by atoms with Crippen LogP contribution in [0.3, 0.4) is 0 Å². The van der Waals surface area contributed by atoms with Crippen LogP contribution in [0, 0.1) is 0 Å². The Morgan fingerprint density at radius 1 is 1.21 bits per heavy atom. The van der Waals surface area contributed by atoms with Crippen LogP contribution in [0.1, 0.15) is 12.5 Å². The van der Waals surface area contributed by atoms with E-state index in [0.717, 1.165) is 16.0 Å². The summed E-state index contributed by atoms with van der Waals surface area (Å²) >= 11 is 1.35. The summed E-state index contributed by atoms with van der Waals surface area (Å²) in [7, 11) is -2.35. The Morgan fingerprint density at radius 2 is 2.00 bits per heavy atom. The van der Waals surface area contributed by atoms with E-state index in [-0.39, 0.29) is 36.1 Å². The number of nitrogens with zero attached hydrogens (tertiary/aromatic N) is 2. The fraction of sp³-hybridized carbons (Fsp3) is 0.364. The lowest BCUT2D eigenvalue weighted by atomic mass is 10.1. The standard InChI is InChI=1S/C22H25N3O6S2/c1-3-31-16-5-6-17-19(14-16)32-22(23-17)24-21(26)13-15-4-7-18(29-2)20(12-15)33(27,28)25-8-10-30-11-9-25/h4-7,12,14H,3,8-11,13H2,1-2H3,(H,23,24,26). The van der Waals surface area contributed by atoms with E-state index in [4.69, 9.17) is 14.2 Å². The lowest BCUT2D eigenvalue weighted by Crippen LogP contribution is -2.40. The number of aromatic nitrogens is 1. The Morgan fingerprint density at radius 3 is 2.73 bits per heavy atom. The zero-order valence-corrected chi connectivity index (χ0v) is 20.0. The molecule has 1 aliphatic heterocycles. The first-order valence-electron chi connectivity index (χ1n) is 10.5. The van der Waals surface area contributed by atoms with Crippen LogP contribution in [-0.4, -0.2) is 63.6 Å². The van der Waals surface area contributed by atoms with E-state index in [1.54, 1.807) is 12.1 Å². The smallest absolute Gasteiger partial charge is 0.246 e. The number of hydrogen-bond donors (Lipinski definition) is 1. The summed E-state index contributed by atoms with van der Waals surface area (Å²) < 4.78 is 44.6. The van der Waals surface area contributed by atoms with Gasteiger partial charge in [-0.1, -0.05) is 17.4 Å². The molecular formula is C22H25N3O6S2. The summed E-state index contributed by atoms with van der Waals surface area (Å²) in [4.78, 5) is 17.1. The van der Waals surface area contributed by atoms with Crippen LogP contribution in [0.25, 0.3) is 10.2 Å². The van der Waals surface area contributed by atoms with E-state index in [1.807, 2.05) is 25.1 Å². The minimum absolute atomic E-state index is 0.00422. The summed E-state index contributed by atoms with van der Waals surface area (Å²) in [6, 6.07) is 10.3. The number of sulfonamides is 1. The van der Waals surface area contributed by atoms with Crippen LogP contribution in [0.4, 0.5) is 5.13 Å². The maximum atomic E-state index is 13.1. The molecule has 0 saturated carbocycles. The third-order valence-corrected chi connectivity index (χ3v) is 7.95. The number of amides is 1. The second kappa shape index (κ2) is 10.0. The molecule has 11 heteroatoms. The molecule has 1 fully saturated rings. The molecule has 1 aliphatic rings. The van der Waals surface area contributed by atoms with Crippen molar-refractivity contribution in [2.75, 3.05) is 45.3 Å². The molecule has 1 aromatic heterocycles. The van der Waals surface area contributed by atoms with Crippen molar-refractivity contribution in [2.45, 2.75) is 18.2 Å². The number of benzene rings is 2. The summed E-state index contributed by atoms with van der Waals surface area (Å²) in [6.07, 6.45) is -0.00422. The van der Waals surface area contributed by atoms with Gasteiger partial charge >= 0.3 is 0 Å². The van der Waals surface area contributed by atoms with Crippen molar-refractivity contribution in [3.8, 4) is 11.5 Å². The average molecular weight is 492 g/mol. The third-order valence-electron chi connectivity index (χ3n) is 5.10. The van der Waals surface area contributed by atoms with E-state index in [1.165, 1.54) is 28.8 Å². The Balaban J connectivity index is 1.51. The van der Waals surface area contributed by atoms with Crippen molar-refractivity contribution in [3.05, 3.63) is 42.0 Å². The van der Waals surface area contributed by atoms with Gasteiger partial charge in [-0.3, -0.25) is 4.79 Å². The largest absolute Gasteiger partial charge is 0.495 e. The molecule has 33 heavy (non-hydrogen) atoms. The van der Waals surface area contributed by atoms with Crippen LogP contribution in [-0.2, 0) is 26.0 Å². The first-order valence-corrected chi connectivity index (χ1v) is 12.7. The lowest BCUT2D eigenvalue weighted by Gasteiger charge is -2.26. The molecule has 0 spiro atoms. The van der Waals surface area contributed by atoms with Gasteiger partial charge in [-0.2, -0.15) is 4.31 Å². The molecule has 176 valence electrons. The van der Waals surface area contributed by atoms with Gasteiger partial charge in [0.2, 0.25) is 15.9 Å². The summed E-state index contributed by atoms with van der Waals surface area (Å²) in [5.74, 6) is 0.694. The van der Waals surface area contributed by atoms with Crippen molar-refractivity contribution >= 4 is 42.6 Å². The molecule has 1 saturated heterocycles. The highest BCUT2D eigenvalue weighted by atomic mass is 32.2. The zero-order chi connectivity index (χ0) is 23.4. The van der Waals surface area contributed by atoms with Gasteiger partial charge in [-0.05, 0) is 42.8 Å². The van der Waals surface area contributed by atoms with Crippen LogP contribution in [0.2, 0.25) is 0 Å². The van der Waals surface area contributed by atoms with Crippen molar-refractivity contribution in [3.63, 3.8) is 0 Å². The number of nitrogens with one attached hydrogen (secondary N) is 1. The molecule has 3 aromatic rings. The molecule has 1 N–H and O–H groups in total. The molecule has 0 atom stereocenters. The molecule has 0 aliphatic carbocycles. The van der Waals surface area contributed by atoms with E-state index in [2.05, 4.69) is 10.3 Å². The highest BCUT2D eigenvalue weighted by Crippen LogP contribution is 2.31. The van der Waals surface area contributed by atoms with Gasteiger partial charge in [-0.25, -0.2) is 13.4 Å². The van der Waals surface area contributed by atoms with Gasteiger partial charge in [0.15, 0.2) is 5.13 Å². The predicted molar refractivity (Wildman–Crippen MR) is 126 cm³/mol. The minimum atomic E-state index is -3.77. The van der Waals surface area contributed by atoms with Crippen LogP contribution in [0.15, 0.2) is 41.3 Å². The van der Waals surface area contributed by atoms with Gasteiger partial charge in [0.1, 0.15) is 16.4 Å². The maximum absolute atomic E-state index is 13.1. The first-order chi connectivity index (χ1) is 15.9. The number of morpholine rings is 1. The second-order valence-electron chi connectivity index (χ2n) is 7.31. The maximum Gasteiger partial charge on any atom is 0.246 e. The molecule has 0 bridgehead atoms. The van der Waals surface area contributed by atoms with Crippen molar-refractivity contribution in [2.24, 2.45) is 0 Å². The zero-order valence-electron chi connectivity index (χ0n) is 18.4. The van der Waals surface area contributed by atoms with Gasteiger partial charge in [0.05, 0.1) is 43.6 Å². The summed E-state index contributed by atoms with van der Waals surface area (Å²) in [6.45, 7) is 3.73. The SMILES string of the molecule is CCOc1ccc2nc(NC(=O)Cc3ccc(OC)c(S(=O)(=O)N4CCOCC4)c3)sc2c1. The fourth-order valence-electron chi connectivity index (χ4n) is 3.52. The Kier molecular flexibility index (Phi) is 7.13. The second-order valence-corrected chi connectivity index (χ2v) is 10.2. The molecule has 2 heterocycles. The number of fused-ring (bicyclic) bond motifs is 1. The number of carbonyl (C=O) groups excluding carboxylic acids is 1. The van der Waals surface area contributed by atoms with Crippen molar-refractivity contribution in [1.29, 1.82) is 0 Å². The lowest BCUT2D eigenvalue weighted by molar-refractivity contribution is -0.115. The highest BCUT2D eigenvalue weighted by molar-refractivity contribution is 7.89. The van der Waals surface area contributed by atoms with Crippen molar-refractivity contribution < 1.29 is 27.4 Å². The number of ether oxygens (including phenoxy) is 3. The number of carbonyl (C=O) groups is 1. The monoisotopic (exact) mass is 491 g/mol. The number of thiazole rings is 1. The summed E-state index contributed by atoms with van der Waals surface area (Å²) in [5, 5.41) is 3.27. The van der Waals surface area contributed by atoms with E-state index >= 15 is 0 Å². The van der Waals surface area contributed by atoms with Gasteiger partial charge in [0.25, 0.3) is 0 Å². The number of anilines is 1. The molecule has 0 radical (unpaired) electrons. The van der Waals surface area contributed by atoms with E-state index in [0.29, 0.717) is 30.5 Å². The topological polar surface area (TPSA) is 107 Å². The molecule has 0 unspecified atom stereocenters. The Hall–Kier alpha value is -2.73. The predicted octanol–water partition coefficient (Wildman–Crippen LogP) is 2.91. The third kappa shape index (κ3) is 5.27. The quantitative estimate of drug-likeness (QED) is 0.516. The molecule has 9 nitrogen and oxygen atoms in total. The van der Waals surface area contributed by atoms with E-state index < -0.39 is 10.0 Å². The molecule has 2 aromatic carbocycles. The highest BCUT2D eigenvalue weighted by Gasteiger charge is 2.29. The average Bonchev–Trinajstić information content (AvgIpc) is 3.21. The molecule has 4 rings (SSSR count). The minimum Gasteiger partial charge on any atom is -0.495 e. The number of hydrogen-bond acceptors (Lipinski definition) is 8. The van der Waals surface area contributed by atoms with Gasteiger partial charge < -0.3 is 19.5 Å². The molecule has 1 amide bonds. The van der Waals surface area contributed by atoms with Crippen LogP contribution < -0.4 is 14.8 Å². The first kappa shape index (κ1) is 23.4. The van der Waals surface area contributed by atoms with E-state index in [9.17, 15) is 13.2 Å². The fourth-order valence-corrected chi connectivity index (χ4v) is 6.05. The summed E-state index contributed by atoms with van der Waals surface area (Å²) in [5.41, 5.74) is 1.32. The van der Waals surface area contributed by atoms with Crippen LogP contribution >= 0.6 is 11.3 Å². The van der Waals surface area contributed by atoms with Crippen molar-refractivity contribution in [1.82, 2.24) is 9.29 Å². The number of rotatable bonds is 8. The Labute approximate surface area is 196 Å². The van der Waals surface area contributed by atoms with Crippen LogP contribution in [0.5, 0.6) is 11.5 Å².